The summed E-state index contributed by atoms with van der Waals surface area (Å²) in [6.45, 7) is 5.80. The minimum atomic E-state index is -3.17. The molecule has 1 heterocycles. The van der Waals surface area contributed by atoms with E-state index in [0.717, 1.165) is 11.1 Å². The number of aryl methyl sites for hydroxylation is 2. The highest BCUT2D eigenvalue weighted by Gasteiger charge is 2.37. The average Bonchev–Trinajstić information content (AvgIpc) is 2.99. The van der Waals surface area contributed by atoms with E-state index < -0.39 is 22.0 Å². The predicted octanol–water partition coefficient (Wildman–Crippen LogP) is 4.59. The van der Waals surface area contributed by atoms with Gasteiger partial charge in [0.15, 0.2) is 15.9 Å². The van der Waals surface area contributed by atoms with Crippen LogP contribution in [0.5, 0.6) is 5.75 Å². The Hall–Kier alpha value is -1.76. The molecule has 1 saturated heterocycles. The second-order valence-electron chi connectivity index (χ2n) is 7.84. The fourth-order valence-electron chi connectivity index (χ4n) is 3.73. The molecule has 3 rings (SSSR count). The summed E-state index contributed by atoms with van der Waals surface area (Å²) in [7, 11) is -3.17. The van der Waals surface area contributed by atoms with Crippen LogP contribution in [0.25, 0.3) is 0 Å². The zero-order chi connectivity index (χ0) is 22.1. The van der Waals surface area contributed by atoms with E-state index in [9.17, 15) is 13.2 Å². The van der Waals surface area contributed by atoms with Crippen LogP contribution >= 0.6 is 23.2 Å². The fourth-order valence-corrected chi connectivity index (χ4v) is 5.93. The zero-order valence-electron chi connectivity index (χ0n) is 17.2. The van der Waals surface area contributed by atoms with Crippen molar-refractivity contribution < 1.29 is 17.9 Å². The maximum absolute atomic E-state index is 13.3. The number of benzene rings is 2. The van der Waals surface area contributed by atoms with Gasteiger partial charge in [-0.15, -0.1) is 0 Å². The average molecular weight is 470 g/mol. The second kappa shape index (κ2) is 9.16. The molecule has 2 atom stereocenters. The van der Waals surface area contributed by atoms with Crippen LogP contribution in [0.2, 0.25) is 10.0 Å². The van der Waals surface area contributed by atoms with Crippen LogP contribution < -0.4 is 4.74 Å². The number of halogens is 2. The maximum Gasteiger partial charge on any atom is 0.263 e. The Morgan fingerprint density at radius 2 is 1.83 bits per heavy atom. The van der Waals surface area contributed by atoms with Crippen molar-refractivity contribution in [2.75, 3.05) is 11.5 Å². The first-order valence-electron chi connectivity index (χ1n) is 9.74. The number of rotatable bonds is 6. The Kier molecular flexibility index (Phi) is 7.00. The Bertz CT molecular complexity index is 1030. The molecule has 0 radical (unpaired) electrons. The number of hydrogen-bond donors (Lipinski definition) is 0. The lowest BCUT2D eigenvalue weighted by molar-refractivity contribution is -0.140. The Labute approximate surface area is 187 Å². The molecule has 1 fully saturated rings. The molecule has 0 aliphatic carbocycles. The van der Waals surface area contributed by atoms with Gasteiger partial charge in [0.05, 0.1) is 11.5 Å². The van der Waals surface area contributed by atoms with E-state index in [-0.39, 0.29) is 24.0 Å². The zero-order valence-corrected chi connectivity index (χ0v) is 19.5. The number of carbonyl (C=O) groups is 1. The van der Waals surface area contributed by atoms with Crippen LogP contribution in [0.3, 0.4) is 0 Å². The van der Waals surface area contributed by atoms with E-state index in [2.05, 4.69) is 0 Å². The van der Waals surface area contributed by atoms with Crippen LogP contribution in [0, 0.1) is 13.8 Å². The Balaban J connectivity index is 1.85. The minimum Gasteiger partial charge on any atom is -0.481 e. The summed E-state index contributed by atoms with van der Waals surface area (Å²) in [4.78, 5) is 14.9. The van der Waals surface area contributed by atoms with Gasteiger partial charge in [-0.3, -0.25) is 4.79 Å². The van der Waals surface area contributed by atoms with Crippen molar-refractivity contribution in [3.8, 4) is 5.75 Å². The first-order valence-corrected chi connectivity index (χ1v) is 12.3. The molecule has 0 saturated carbocycles. The van der Waals surface area contributed by atoms with Crippen molar-refractivity contribution >= 4 is 38.9 Å². The van der Waals surface area contributed by atoms with Gasteiger partial charge in [-0.25, -0.2) is 8.42 Å². The number of sulfone groups is 1. The van der Waals surface area contributed by atoms with E-state index >= 15 is 0 Å². The normalized spacial score (nSPS) is 18.8. The van der Waals surface area contributed by atoms with Crippen LogP contribution in [0.1, 0.15) is 30.0 Å². The van der Waals surface area contributed by atoms with Crippen LogP contribution in [-0.4, -0.2) is 42.9 Å². The SMILES string of the molecule is Cc1cc(C)cc(OC(C)C(=O)N(Cc2ccc(Cl)cc2Cl)C2CCS(=O)(=O)C2)c1. The summed E-state index contributed by atoms with van der Waals surface area (Å²) in [5, 5.41) is 0.931. The van der Waals surface area contributed by atoms with Crippen molar-refractivity contribution in [3.05, 3.63) is 63.1 Å². The van der Waals surface area contributed by atoms with Crippen molar-refractivity contribution in [3.63, 3.8) is 0 Å². The molecule has 0 N–H and O–H groups in total. The molecule has 5 nitrogen and oxygen atoms in total. The van der Waals surface area contributed by atoms with Gasteiger partial charge < -0.3 is 9.64 Å². The summed E-state index contributed by atoms with van der Waals surface area (Å²) in [5.74, 6) is 0.349. The fraction of sp³-hybridized carbons (Fsp3) is 0.409. The first kappa shape index (κ1) is 22.9. The lowest BCUT2D eigenvalue weighted by Gasteiger charge is -2.31. The van der Waals surface area contributed by atoms with E-state index in [0.29, 0.717) is 27.8 Å². The first-order chi connectivity index (χ1) is 14.0. The van der Waals surface area contributed by atoms with E-state index in [1.165, 1.54) is 0 Å². The van der Waals surface area contributed by atoms with E-state index in [1.807, 2.05) is 32.0 Å². The molecular formula is C22H25Cl2NO4S. The maximum atomic E-state index is 13.3. The van der Waals surface area contributed by atoms with Crippen molar-refractivity contribution in [1.82, 2.24) is 4.90 Å². The molecule has 0 aromatic heterocycles. The number of amides is 1. The molecule has 1 aliphatic rings. The Morgan fingerprint density at radius 1 is 1.17 bits per heavy atom. The van der Waals surface area contributed by atoms with E-state index in [1.54, 1.807) is 30.0 Å². The number of hydrogen-bond acceptors (Lipinski definition) is 4. The van der Waals surface area contributed by atoms with Gasteiger partial charge >= 0.3 is 0 Å². The second-order valence-corrected chi connectivity index (χ2v) is 10.9. The molecule has 162 valence electrons. The third kappa shape index (κ3) is 5.68. The quantitative estimate of drug-likeness (QED) is 0.620. The highest BCUT2D eigenvalue weighted by Crippen LogP contribution is 2.27. The lowest BCUT2D eigenvalue weighted by atomic mass is 10.1. The van der Waals surface area contributed by atoms with Gasteiger partial charge in [0.2, 0.25) is 0 Å². The number of carbonyl (C=O) groups excluding carboxylic acids is 1. The molecule has 8 heteroatoms. The predicted molar refractivity (Wildman–Crippen MR) is 120 cm³/mol. The van der Waals surface area contributed by atoms with Crippen molar-refractivity contribution in [1.29, 1.82) is 0 Å². The number of ether oxygens (including phenoxy) is 1. The Morgan fingerprint density at radius 3 is 2.40 bits per heavy atom. The molecule has 2 unspecified atom stereocenters. The summed E-state index contributed by atoms with van der Waals surface area (Å²) in [6, 6.07) is 10.4. The third-order valence-electron chi connectivity index (χ3n) is 5.14. The smallest absolute Gasteiger partial charge is 0.263 e. The van der Waals surface area contributed by atoms with E-state index in [4.69, 9.17) is 27.9 Å². The molecule has 2 aromatic carbocycles. The molecule has 0 bridgehead atoms. The summed E-state index contributed by atoms with van der Waals surface area (Å²) in [5.41, 5.74) is 2.78. The molecule has 0 spiro atoms. The van der Waals surface area contributed by atoms with Crippen molar-refractivity contribution in [2.45, 2.75) is 45.9 Å². The van der Waals surface area contributed by atoms with Gasteiger partial charge in [0.1, 0.15) is 5.75 Å². The van der Waals surface area contributed by atoms with Gasteiger partial charge in [-0.05, 0) is 68.1 Å². The summed E-state index contributed by atoms with van der Waals surface area (Å²) in [6.07, 6.45) is -0.379. The summed E-state index contributed by atoms with van der Waals surface area (Å²) >= 11 is 12.3. The van der Waals surface area contributed by atoms with Gasteiger partial charge in [0, 0.05) is 22.6 Å². The van der Waals surface area contributed by atoms with Crippen LogP contribution in [0.15, 0.2) is 36.4 Å². The monoisotopic (exact) mass is 469 g/mol. The van der Waals surface area contributed by atoms with Gasteiger partial charge in [0.25, 0.3) is 5.91 Å². The largest absolute Gasteiger partial charge is 0.481 e. The van der Waals surface area contributed by atoms with Crippen molar-refractivity contribution in [2.24, 2.45) is 0 Å². The van der Waals surface area contributed by atoms with Crippen LogP contribution in [0.4, 0.5) is 0 Å². The summed E-state index contributed by atoms with van der Waals surface area (Å²) < 4.78 is 30.0. The lowest BCUT2D eigenvalue weighted by Crippen LogP contribution is -2.46. The molecule has 2 aromatic rings. The molecule has 1 amide bonds. The number of nitrogens with zero attached hydrogens (tertiary/aromatic N) is 1. The standard InChI is InChI=1S/C22H25Cl2NO4S/c1-14-8-15(2)10-20(9-14)29-16(3)22(26)25(19-6-7-30(27,28)13-19)12-17-4-5-18(23)11-21(17)24/h4-5,8-11,16,19H,6-7,12-13H2,1-3H3. The third-order valence-corrected chi connectivity index (χ3v) is 7.48. The molecule has 1 aliphatic heterocycles. The highest BCUT2D eigenvalue weighted by molar-refractivity contribution is 7.91. The van der Waals surface area contributed by atoms with Gasteiger partial charge in [-0.1, -0.05) is 35.3 Å². The van der Waals surface area contributed by atoms with Crippen LogP contribution in [-0.2, 0) is 21.2 Å². The minimum absolute atomic E-state index is 0.0553. The molecular weight excluding hydrogens is 445 g/mol. The molecule has 30 heavy (non-hydrogen) atoms. The highest BCUT2D eigenvalue weighted by atomic mass is 35.5. The van der Waals surface area contributed by atoms with Gasteiger partial charge in [-0.2, -0.15) is 0 Å². The topological polar surface area (TPSA) is 63.7 Å².